The molecule has 9 nitrogen and oxygen atoms in total. The van der Waals surface area contributed by atoms with Crippen molar-refractivity contribution in [2.45, 2.75) is 25.8 Å². The molecule has 0 bridgehead atoms. The van der Waals surface area contributed by atoms with Gasteiger partial charge in [0, 0.05) is 45.5 Å². The van der Waals surface area contributed by atoms with Gasteiger partial charge in [0.25, 0.3) is 5.91 Å². The van der Waals surface area contributed by atoms with Crippen molar-refractivity contribution >= 4 is 41.5 Å². The molecule has 1 aromatic carbocycles. The molecule has 4 N–H and O–H groups in total. The van der Waals surface area contributed by atoms with Crippen molar-refractivity contribution in [2.75, 3.05) is 37.6 Å². The fraction of sp³-hybridized carbons (Fsp3) is 0.476. The number of hydrogen-bond acceptors (Lipinski definition) is 5. The number of carbonyl (C=O) groups is 1. The standard InChI is InChI=1S/C21H31N7O2.HI/c1-3-22-21(24-11-10-23-20(30)18-8-4-5-9-19(18)29)26-16-7-6-12-28(14-16)17-13-25-27(2)15-17;/h4-5,8-9,13,15-16,29H,3,6-7,10-12,14H2,1-2H3,(H,23,30)(H2,22,24,26);1H. The number of hydrogen-bond donors (Lipinski definition) is 4. The normalized spacial score (nSPS) is 16.4. The molecule has 2 heterocycles. The molecule has 0 saturated carbocycles. The van der Waals surface area contributed by atoms with E-state index in [4.69, 9.17) is 0 Å². The van der Waals surface area contributed by atoms with Gasteiger partial charge in [-0.1, -0.05) is 12.1 Å². The minimum Gasteiger partial charge on any atom is -0.507 e. The van der Waals surface area contributed by atoms with E-state index < -0.39 is 0 Å². The Morgan fingerprint density at radius 1 is 1.32 bits per heavy atom. The number of para-hydroxylation sites is 1. The van der Waals surface area contributed by atoms with Gasteiger partial charge in [-0.2, -0.15) is 5.10 Å². The van der Waals surface area contributed by atoms with Gasteiger partial charge < -0.3 is 26.0 Å². The number of phenolic OH excluding ortho intramolecular Hbond substituents is 1. The summed E-state index contributed by atoms with van der Waals surface area (Å²) in [6.07, 6.45) is 6.11. The van der Waals surface area contributed by atoms with Crippen LogP contribution in [0, 0.1) is 0 Å². The zero-order chi connectivity index (χ0) is 21.3. The fourth-order valence-corrected chi connectivity index (χ4v) is 3.51. The molecule has 170 valence electrons. The summed E-state index contributed by atoms with van der Waals surface area (Å²) in [5.74, 6) is 0.414. The molecule has 0 aliphatic carbocycles. The summed E-state index contributed by atoms with van der Waals surface area (Å²) in [6.45, 7) is 5.52. The number of aromatic nitrogens is 2. The first kappa shape index (κ1) is 24.8. The van der Waals surface area contributed by atoms with Crippen molar-refractivity contribution in [3.8, 4) is 5.75 Å². The van der Waals surface area contributed by atoms with E-state index in [0.717, 1.165) is 44.1 Å². The Hall–Kier alpha value is -2.50. The maximum atomic E-state index is 12.2. The van der Waals surface area contributed by atoms with Gasteiger partial charge in [0.05, 0.1) is 24.0 Å². The highest BCUT2D eigenvalue weighted by molar-refractivity contribution is 14.0. The highest BCUT2D eigenvalue weighted by Gasteiger charge is 2.21. The lowest BCUT2D eigenvalue weighted by Gasteiger charge is -2.34. The third-order valence-corrected chi connectivity index (χ3v) is 4.98. The lowest BCUT2D eigenvalue weighted by molar-refractivity contribution is 0.0952. The van der Waals surface area contributed by atoms with Crippen LogP contribution in [0.25, 0.3) is 0 Å². The van der Waals surface area contributed by atoms with Crippen molar-refractivity contribution in [2.24, 2.45) is 12.0 Å². The van der Waals surface area contributed by atoms with Crippen molar-refractivity contribution in [1.29, 1.82) is 0 Å². The number of benzene rings is 1. The van der Waals surface area contributed by atoms with Gasteiger partial charge >= 0.3 is 0 Å². The quantitative estimate of drug-likeness (QED) is 0.184. The number of nitrogens with zero attached hydrogens (tertiary/aromatic N) is 4. The first-order chi connectivity index (χ1) is 14.6. The number of aryl methyl sites for hydroxylation is 1. The van der Waals surface area contributed by atoms with Gasteiger partial charge in [-0.05, 0) is 31.9 Å². The highest BCUT2D eigenvalue weighted by atomic mass is 127. The maximum Gasteiger partial charge on any atom is 0.255 e. The van der Waals surface area contributed by atoms with Crippen molar-refractivity contribution < 1.29 is 9.90 Å². The summed E-state index contributed by atoms with van der Waals surface area (Å²) in [5, 5.41) is 23.6. The molecule has 1 fully saturated rings. The highest BCUT2D eigenvalue weighted by Crippen LogP contribution is 2.19. The number of rotatable bonds is 7. The summed E-state index contributed by atoms with van der Waals surface area (Å²) < 4.78 is 1.82. The van der Waals surface area contributed by atoms with Crippen LogP contribution in [-0.4, -0.2) is 65.5 Å². The number of aliphatic imine (C=N–C) groups is 1. The number of guanidine groups is 1. The van der Waals surface area contributed by atoms with Crippen LogP contribution in [-0.2, 0) is 7.05 Å². The van der Waals surface area contributed by atoms with Gasteiger partial charge in [-0.15, -0.1) is 24.0 Å². The van der Waals surface area contributed by atoms with Gasteiger partial charge in [0.15, 0.2) is 5.96 Å². The number of anilines is 1. The number of carbonyl (C=O) groups excluding carboxylic acids is 1. The van der Waals surface area contributed by atoms with E-state index in [1.807, 2.05) is 31.0 Å². The van der Waals surface area contributed by atoms with Crippen LogP contribution in [0.1, 0.15) is 30.1 Å². The second-order valence-electron chi connectivity index (χ2n) is 7.34. The van der Waals surface area contributed by atoms with E-state index in [1.165, 1.54) is 6.07 Å². The second-order valence-corrected chi connectivity index (χ2v) is 7.34. The predicted octanol–water partition coefficient (Wildman–Crippen LogP) is 1.70. The molecular formula is C21H32IN7O2. The van der Waals surface area contributed by atoms with E-state index >= 15 is 0 Å². The van der Waals surface area contributed by atoms with Crippen molar-refractivity contribution in [1.82, 2.24) is 25.7 Å². The third kappa shape index (κ3) is 7.30. The van der Waals surface area contributed by atoms with E-state index in [1.54, 1.807) is 18.2 Å². The molecular weight excluding hydrogens is 509 g/mol. The summed E-state index contributed by atoms with van der Waals surface area (Å²) in [7, 11) is 1.93. The Kier molecular flexibility index (Phi) is 9.89. The zero-order valence-corrected chi connectivity index (χ0v) is 20.4. The summed E-state index contributed by atoms with van der Waals surface area (Å²) in [6, 6.07) is 6.79. The summed E-state index contributed by atoms with van der Waals surface area (Å²) in [4.78, 5) is 19.1. The first-order valence-electron chi connectivity index (χ1n) is 10.4. The van der Waals surface area contributed by atoms with Crippen LogP contribution in [0.3, 0.4) is 0 Å². The van der Waals surface area contributed by atoms with E-state index in [9.17, 15) is 9.90 Å². The van der Waals surface area contributed by atoms with Crippen LogP contribution in [0.15, 0.2) is 41.7 Å². The Morgan fingerprint density at radius 2 is 2.13 bits per heavy atom. The molecule has 1 unspecified atom stereocenters. The molecule has 1 atom stereocenters. The lowest BCUT2D eigenvalue weighted by Crippen LogP contribution is -2.51. The molecule has 0 spiro atoms. The number of piperidine rings is 1. The second kappa shape index (κ2) is 12.4. The van der Waals surface area contributed by atoms with Crippen LogP contribution in [0.2, 0.25) is 0 Å². The average molecular weight is 541 g/mol. The minimum atomic E-state index is -0.305. The van der Waals surface area contributed by atoms with Gasteiger partial charge in [-0.3, -0.25) is 14.5 Å². The number of nitrogens with one attached hydrogen (secondary N) is 3. The minimum absolute atomic E-state index is 0. The number of phenols is 1. The lowest BCUT2D eigenvalue weighted by atomic mass is 10.1. The number of halogens is 1. The van der Waals surface area contributed by atoms with Crippen molar-refractivity contribution in [3.63, 3.8) is 0 Å². The smallest absolute Gasteiger partial charge is 0.255 e. The molecule has 0 radical (unpaired) electrons. The third-order valence-electron chi connectivity index (χ3n) is 4.98. The monoisotopic (exact) mass is 541 g/mol. The maximum absolute atomic E-state index is 12.2. The Morgan fingerprint density at radius 3 is 2.84 bits per heavy atom. The summed E-state index contributed by atoms with van der Waals surface area (Å²) in [5.41, 5.74) is 1.40. The fourth-order valence-electron chi connectivity index (χ4n) is 3.51. The largest absolute Gasteiger partial charge is 0.507 e. The topological polar surface area (TPSA) is 107 Å². The van der Waals surface area contributed by atoms with Gasteiger partial charge in [-0.25, -0.2) is 0 Å². The van der Waals surface area contributed by atoms with E-state index in [2.05, 4.69) is 30.9 Å². The molecule has 2 aromatic rings. The van der Waals surface area contributed by atoms with Crippen molar-refractivity contribution in [3.05, 3.63) is 42.2 Å². The predicted molar refractivity (Wildman–Crippen MR) is 133 cm³/mol. The molecule has 3 rings (SSSR count). The van der Waals surface area contributed by atoms with Crippen LogP contribution in [0.5, 0.6) is 5.75 Å². The van der Waals surface area contributed by atoms with Gasteiger partial charge in [0.2, 0.25) is 0 Å². The zero-order valence-electron chi connectivity index (χ0n) is 18.0. The SMILES string of the molecule is CCNC(=NCCNC(=O)c1ccccc1O)NC1CCCN(c2cnn(C)c2)C1.I. The molecule has 1 aliphatic heterocycles. The van der Waals surface area contributed by atoms with Gasteiger partial charge in [0.1, 0.15) is 5.75 Å². The molecule has 1 aromatic heterocycles. The number of aromatic hydroxyl groups is 1. The molecule has 1 aliphatic rings. The molecule has 1 amide bonds. The average Bonchev–Trinajstić information content (AvgIpc) is 3.18. The van der Waals surface area contributed by atoms with E-state index in [-0.39, 0.29) is 47.2 Å². The Labute approximate surface area is 200 Å². The first-order valence-corrected chi connectivity index (χ1v) is 10.4. The Bertz CT molecular complexity index is 871. The van der Waals surface area contributed by atoms with Crippen LogP contribution in [0.4, 0.5) is 5.69 Å². The summed E-state index contributed by atoms with van der Waals surface area (Å²) >= 11 is 0. The Balaban J connectivity index is 0.00000341. The molecule has 31 heavy (non-hydrogen) atoms. The molecule has 1 saturated heterocycles. The van der Waals surface area contributed by atoms with Crippen LogP contribution >= 0.6 is 24.0 Å². The number of amides is 1. The molecule has 10 heteroatoms. The van der Waals surface area contributed by atoms with Crippen LogP contribution < -0.4 is 20.9 Å². The van der Waals surface area contributed by atoms with E-state index in [0.29, 0.717) is 13.1 Å².